The van der Waals surface area contributed by atoms with Gasteiger partial charge in [0.1, 0.15) is 0 Å². The van der Waals surface area contributed by atoms with Gasteiger partial charge in [-0.1, -0.05) is 6.92 Å². The molecule has 0 aromatic rings. The second-order valence-electron chi connectivity index (χ2n) is 4.13. The average Bonchev–Trinajstić information content (AvgIpc) is 2.05. The molecule has 0 unspecified atom stereocenters. The zero-order valence-electron chi connectivity index (χ0n) is 8.88. The second-order valence-corrected chi connectivity index (χ2v) is 4.13. The molecule has 72 valence electrons. The van der Waals surface area contributed by atoms with Crippen molar-refractivity contribution in [3.05, 3.63) is 0 Å². The van der Waals surface area contributed by atoms with Gasteiger partial charge in [-0.3, -0.25) is 4.90 Å². The van der Waals surface area contributed by atoms with Crippen molar-refractivity contribution >= 4 is 0 Å². The highest BCUT2D eigenvalue weighted by Crippen LogP contribution is 2.12. The van der Waals surface area contributed by atoms with E-state index < -0.39 is 0 Å². The van der Waals surface area contributed by atoms with E-state index in [1.165, 1.54) is 26.1 Å². The van der Waals surface area contributed by atoms with E-state index in [4.69, 9.17) is 0 Å². The highest BCUT2D eigenvalue weighted by Gasteiger charge is 2.23. The molecular weight excluding hydrogens is 148 g/mol. The first-order valence-electron chi connectivity index (χ1n) is 5.09. The molecule has 1 saturated heterocycles. The number of hydrogen-bond donors (Lipinski definition) is 0. The Balaban J connectivity index is 2.44. The Hall–Kier alpha value is -0.0800. The van der Waals surface area contributed by atoms with Crippen LogP contribution in [0.15, 0.2) is 0 Å². The third kappa shape index (κ3) is 2.20. The van der Waals surface area contributed by atoms with Crippen molar-refractivity contribution in [3.63, 3.8) is 0 Å². The van der Waals surface area contributed by atoms with Crippen LogP contribution in [0.1, 0.15) is 27.2 Å². The van der Waals surface area contributed by atoms with Crippen LogP contribution < -0.4 is 0 Å². The summed E-state index contributed by atoms with van der Waals surface area (Å²) in [5.41, 5.74) is 0. The SMILES string of the molecule is CC[C@H]1CN(C(C)C)CCN1C. The third-order valence-corrected chi connectivity index (χ3v) is 3.01. The summed E-state index contributed by atoms with van der Waals surface area (Å²) in [4.78, 5) is 5.06. The predicted octanol–water partition coefficient (Wildman–Crippen LogP) is 1.42. The minimum absolute atomic E-state index is 0.716. The molecule has 1 aliphatic heterocycles. The summed E-state index contributed by atoms with van der Waals surface area (Å²) in [5.74, 6) is 0. The van der Waals surface area contributed by atoms with E-state index in [0.29, 0.717) is 6.04 Å². The molecule has 1 fully saturated rings. The highest BCUT2D eigenvalue weighted by molar-refractivity contribution is 4.80. The summed E-state index contributed by atoms with van der Waals surface area (Å²) in [6.07, 6.45) is 1.28. The lowest BCUT2D eigenvalue weighted by Gasteiger charge is -2.41. The molecule has 0 aromatic heterocycles. The summed E-state index contributed by atoms with van der Waals surface area (Å²) < 4.78 is 0. The smallest absolute Gasteiger partial charge is 0.0218 e. The molecular formula is C10H22N2. The fraction of sp³-hybridized carbons (Fsp3) is 1.00. The molecule has 1 aliphatic rings. The van der Waals surface area contributed by atoms with Crippen LogP contribution in [0.2, 0.25) is 0 Å². The monoisotopic (exact) mass is 170 g/mol. The lowest BCUT2D eigenvalue weighted by atomic mass is 10.1. The molecule has 1 atom stereocenters. The van der Waals surface area contributed by atoms with Crippen LogP contribution in [-0.4, -0.2) is 48.6 Å². The van der Waals surface area contributed by atoms with Gasteiger partial charge in [0.15, 0.2) is 0 Å². The molecule has 0 amide bonds. The van der Waals surface area contributed by atoms with E-state index >= 15 is 0 Å². The van der Waals surface area contributed by atoms with Crippen molar-refractivity contribution in [1.82, 2.24) is 9.80 Å². The molecule has 0 N–H and O–H groups in total. The number of rotatable bonds is 2. The van der Waals surface area contributed by atoms with E-state index in [2.05, 4.69) is 37.6 Å². The maximum atomic E-state index is 2.58. The molecule has 1 heterocycles. The van der Waals surface area contributed by atoms with Crippen molar-refractivity contribution in [3.8, 4) is 0 Å². The van der Waals surface area contributed by atoms with Gasteiger partial charge < -0.3 is 4.90 Å². The number of piperazine rings is 1. The molecule has 0 saturated carbocycles. The molecule has 0 radical (unpaired) electrons. The lowest BCUT2D eigenvalue weighted by molar-refractivity contribution is 0.0729. The van der Waals surface area contributed by atoms with Gasteiger partial charge in [0.25, 0.3) is 0 Å². The van der Waals surface area contributed by atoms with Crippen LogP contribution in [0.4, 0.5) is 0 Å². The zero-order chi connectivity index (χ0) is 9.14. The Morgan fingerprint density at radius 3 is 2.50 bits per heavy atom. The van der Waals surface area contributed by atoms with E-state index in [0.717, 1.165) is 6.04 Å². The summed E-state index contributed by atoms with van der Waals surface area (Å²) in [7, 11) is 2.24. The van der Waals surface area contributed by atoms with E-state index in [1.54, 1.807) is 0 Å². The van der Waals surface area contributed by atoms with Crippen molar-refractivity contribution in [2.24, 2.45) is 0 Å². The summed E-state index contributed by atoms with van der Waals surface area (Å²) in [6, 6.07) is 1.49. The number of hydrogen-bond acceptors (Lipinski definition) is 2. The molecule has 12 heavy (non-hydrogen) atoms. The molecule has 0 spiro atoms. The Labute approximate surface area is 76.5 Å². The van der Waals surface area contributed by atoms with Gasteiger partial charge in [0, 0.05) is 31.7 Å². The van der Waals surface area contributed by atoms with Crippen LogP contribution in [0.3, 0.4) is 0 Å². The van der Waals surface area contributed by atoms with Gasteiger partial charge in [-0.05, 0) is 27.3 Å². The van der Waals surface area contributed by atoms with Crippen LogP contribution >= 0.6 is 0 Å². The van der Waals surface area contributed by atoms with Crippen LogP contribution in [-0.2, 0) is 0 Å². The number of likely N-dealkylation sites (N-methyl/N-ethyl adjacent to an activating group) is 1. The average molecular weight is 170 g/mol. The lowest BCUT2D eigenvalue weighted by Crippen LogP contribution is -2.53. The third-order valence-electron chi connectivity index (χ3n) is 3.01. The summed E-state index contributed by atoms with van der Waals surface area (Å²) in [6.45, 7) is 10.6. The van der Waals surface area contributed by atoms with E-state index in [9.17, 15) is 0 Å². The quantitative estimate of drug-likeness (QED) is 0.618. The largest absolute Gasteiger partial charge is 0.301 e. The zero-order valence-corrected chi connectivity index (χ0v) is 8.88. The molecule has 0 bridgehead atoms. The Bertz CT molecular complexity index is 134. The maximum absolute atomic E-state index is 2.58. The Morgan fingerprint density at radius 2 is 2.00 bits per heavy atom. The van der Waals surface area contributed by atoms with Gasteiger partial charge in [-0.2, -0.15) is 0 Å². The van der Waals surface area contributed by atoms with Gasteiger partial charge in [-0.15, -0.1) is 0 Å². The summed E-state index contributed by atoms with van der Waals surface area (Å²) >= 11 is 0. The second kappa shape index (κ2) is 4.24. The molecule has 0 aliphatic carbocycles. The molecule has 2 heteroatoms. The van der Waals surface area contributed by atoms with Gasteiger partial charge in [0.05, 0.1) is 0 Å². The van der Waals surface area contributed by atoms with Gasteiger partial charge in [0.2, 0.25) is 0 Å². The summed E-state index contributed by atoms with van der Waals surface area (Å²) in [5, 5.41) is 0. The van der Waals surface area contributed by atoms with Crippen LogP contribution in [0.25, 0.3) is 0 Å². The Morgan fingerprint density at radius 1 is 1.33 bits per heavy atom. The van der Waals surface area contributed by atoms with Crippen molar-refractivity contribution in [2.45, 2.75) is 39.3 Å². The van der Waals surface area contributed by atoms with Crippen LogP contribution in [0, 0.1) is 0 Å². The number of nitrogens with zero attached hydrogens (tertiary/aromatic N) is 2. The first-order valence-corrected chi connectivity index (χ1v) is 5.09. The van der Waals surface area contributed by atoms with Crippen LogP contribution in [0.5, 0.6) is 0 Å². The topological polar surface area (TPSA) is 6.48 Å². The van der Waals surface area contributed by atoms with Gasteiger partial charge in [-0.25, -0.2) is 0 Å². The highest BCUT2D eigenvalue weighted by atomic mass is 15.3. The minimum Gasteiger partial charge on any atom is -0.301 e. The molecule has 0 aromatic carbocycles. The van der Waals surface area contributed by atoms with E-state index in [1.807, 2.05) is 0 Å². The standard InChI is InChI=1S/C10H22N2/c1-5-10-8-12(9(2)3)7-6-11(10)4/h9-10H,5-8H2,1-4H3/t10-/m0/s1. The predicted molar refractivity (Wildman–Crippen MR) is 53.4 cm³/mol. The van der Waals surface area contributed by atoms with E-state index in [-0.39, 0.29) is 0 Å². The molecule has 2 nitrogen and oxygen atoms in total. The Kier molecular flexibility index (Phi) is 3.53. The first kappa shape index (κ1) is 10.0. The fourth-order valence-electron chi connectivity index (χ4n) is 1.88. The first-order chi connectivity index (χ1) is 5.65. The fourth-order valence-corrected chi connectivity index (χ4v) is 1.88. The maximum Gasteiger partial charge on any atom is 0.0218 e. The van der Waals surface area contributed by atoms with Crippen molar-refractivity contribution < 1.29 is 0 Å². The minimum atomic E-state index is 0.716. The van der Waals surface area contributed by atoms with Gasteiger partial charge >= 0.3 is 0 Å². The van der Waals surface area contributed by atoms with Crippen molar-refractivity contribution in [1.29, 1.82) is 0 Å². The normalized spacial score (nSPS) is 28.2. The molecule has 1 rings (SSSR count). The van der Waals surface area contributed by atoms with Crippen molar-refractivity contribution in [2.75, 3.05) is 26.7 Å².